The van der Waals surface area contributed by atoms with Gasteiger partial charge in [0.25, 0.3) is 0 Å². The molecule has 0 aliphatic carbocycles. The van der Waals surface area contributed by atoms with Crippen LogP contribution < -0.4 is 5.73 Å². The monoisotopic (exact) mass is 245 g/mol. The molecule has 0 aliphatic heterocycles. The molecule has 1 unspecified atom stereocenters. The Morgan fingerprint density at radius 3 is 2.50 bits per heavy atom. The molecule has 0 fully saturated rings. The molecule has 0 aromatic heterocycles. The largest absolute Gasteiger partial charge is 0.328 e. The van der Waals surface area contributed by atoms with Crippen molar-refractivity contribution in [3.05, 3.63) is 41.5 Å². The van der Waals surface area contributed by atoms with Crippen LogP contribution in [-0.2, 0) is 0 Å². The Balaban J connectivity index is 2.57. The third-order valence-electron chi connectivity index (χ3n) is 3.11. The van der Waals surface area contributed by atoms with Crippen molar-refractivity contribution in [2.45, 2.75) is 58.4 Å². The summed E-state index contributed by atoms with van der Waals surface area (Å²) < 4.78 is 0. The molecule has 1 atom stereocenters. The van der Waals surface area contributed by atoms with E-state index in [-0.39, 0.29) is 6.04 Å². The highest BCUT2D eigenvalue weighted by atomic mass is 14.6. The minimum atomic E-state index is 0.256. The molecule has 1 nitrogen and oxygen atoms in total. The Hall–Kier alpha value is -1.08. The summed E-state index contributed by atoms with van der Waals surface area (Å²) in [6, 6.07) is 10.8. The van der Waals surface area contributed by atoms with Crippen molar-refractivity contribution in [3.8, 4) is 0 Å². The molecule has 0 aliphatic rings. The van der Waals surface area contributed by atoms with Crippen molar-refractivity contribution >= 4 is 6.08 Å². The molecule has 0 saturated carbocycles. The van der Waals surface area contributed by atoms with E-state index in [1.807, 2.05) is 0 Å². The van der Waals surface area contributed by atoms with E-state index in [1.165, 1.54) is 43.2 Å². The normalized spacial score (nSPS) is 13.6. The molecule has 1 aromatic carbocycles. The molecule has 0 radical (unpaired) electrons. The highest BCUT2D eigenvalue weighted by molar-refractivity contribution is 5.52. The van der Waals surface area contributed by atoms with Gasteiger partial charge in [0.05, 0.1) is 0 Å². The van der Waals surface area contributed by atoms with Crippen molar-refractivity contribution in [1.29, 1.82) is 0 Å². The van der Waals surface area contributed by atoms with E-state index in [1.54, 1.807) is 0 Å². The van der Waals surface area contributed by atoms with Crippen LogP contribution in [0.25, 0.3) is 6.08 Å². The molecule has 1 rings (SSSR count). The Morgan fingerprint density at radius 1 is 1.17 bits per heavy atom. The minimum absolute atomic E-state index is 0.256. The second-order valence-corrected chi connectivity index (χ2v) is 5.21. The summed E-state index contributed by atoms with van der Waals surface area (Å²) >= 11 is 0. The molecule has 0 spiro atoms. The van der Waals surface area contributed by atoms with Gasteiger partial charge in [-0.1, -0.05) is 68.2 Å². The second kappa shape index (κ2) is 8.93. The number of benzene rings is 1. The Morgan fingerprint density at radius 2 is 1.89 bits per heavy atom. The minimum Gasteiger partial charge on any atom is -0.328 e. The second-order valence-electron chi connectivity index (χ2n) is 5.21. The summed E-state index contributed by atoms with van der Waals surface area (Å²) in [7, 11) is 0. The Bertz CT molecular complexity index is 338. The molecule has 1 heteroatoms. The van der Waals surface area contributed by atoms with E-state index in [9.17, 15) is 0 Å². The fourth-order valence-corrected chi connectivity index (χ4v) is 2.21. The number of hydrogen-bond donors (Lipinski definition) is 1. The maximum atomic E-state index is 5.94. The van der Waals surface area contributed by atoms with Crippen molar-refractivity contribution in [1.82, 2.24) is 0 Å². The first-order valence-electron chi connectivity index (χ1n) is 7.22. The van der Waals surface area contributed by atoms with Gasteiger partial charge in [-0.3, -0.25) is 0 Å². The van der Waals surface area contributed by atoms with E-state index in [2.05, 4.69) is 50.3 Å². The van der Waals surface area contributed by atoms with Gasteiger partial charge >= 0.3 is 0 Å². The number of unbranched alkanes of at least 4 members (excludes halogenated alkanes) is 3. The lowest BCUT2D eigenvalue weighted by Gasteiger charge is -2.10. The Kier molecular flexibility index (Phi) is 7.43. The third kappa shape index (κ3) is 6.61. The molecular weight excluding hydrogens is 218 g/mol. The first-order chi connectivity index (χ1) is 8.72. The van der Waals surface area contributed by atoms with Crippen LogP contribution in [0, 0.1) is 0 Å². The van der Waals surface area contributed by atoms with E-state index in [4.69, 9.17) is 5.73 Å². The van der Waals surface area contributed by atoms with Gasteiger partial charge < -0.3 is 5.73 Å². The predicted octanol–water partition coefficient (Wildman–Crippen LogP) is 4.78. The maximum absolute atomic E-state index is 5.94. The average Bonchev–Trinajstić information content (AvgIpc) is 2.35. The van der Waals surface area contributed by atoms with E-state index >= 15 is 0 Å². The van der Waals surface area contributed by atoms with Gasteiger partial charge in [-0.2, -0.15) is 0 Å². The van der Waals surface area contributed by atoms with Crippen molar-refractivity contribution in [2.75, 3.05) is 0 Å². The zero-order valence-corrected chi connectivity index (χ0v) is 11.9. The van der Waals surface area contributed by atoms with Gasteiger partial charge in [0.15, 0.2) is 0 Å². The van der Waals surface area contributed by atoms with E-state index in [0.29, 0.717) is 0 Å². The maximum Gasteiger partial charge on any atom is 0.00477 e. The van der Waals surface area contributed by atoms with E-state index in [0.717, 1.165) is 6.42 Å². The molecule has 2 N–H and O–H groups in total. The van der Waals surface area contributed by atoms with Crippen LogP contribution in [0.15, 0.2) is 35.9 Å². The van der Waals surface area contributed by atoms with Crippen LogP contribution >= 0.6 is 0 Å². The van der Waals surface area contributed by atoms with Gasteiger partial charge in [-0.05, 0) is 31.7 Å². The van der Waals surface area contributed by atoms with E-state index < -0.39 is 0 Å². The molecule has 0 amide bonds. The first kappa shape index (κ1) is 15.0. The number of nitrogens with two attached hydrogens (primary N) is 1. The highest BCUT2D eigenvalue weighted by Gasteiger charge is 2.02. The highest BCUT2D eigenvalue weighted by Crippen LogP contribution is 2.18. The van der Waals surface area contributed by atoms with Gasteiger partial charge in [0.1, 0.15) is 0 Å². The number of rotatable bonds is 8. The lowest BCUT2D eigenvalue weighted by molar-refractivity contribution is 0.637. The first-order valence-corrected chi connectivity index (χ1v) is 7.22. The number of hydrogen-bond acceptors (Lipinski definition) is 1. The summed E-state index contributed by atoms with van der Waals surface area (Å²) in [5.74, 6) is 0. The van der Waals surface area contributed by atoms with Gasteiger partial charge in [-0.15, -0.1) is 0 Å². The quantitative estimate of drug-likeness (QED) is 0.655. The van der Waals surface area contributed by atoms with Gasteiger partial charge in [0, 0.05) is 6.04 Å². The van der Waals surface area contributed by atoms with Crippen LogP contribution in [0.1, 0.15) is 57.9 Å². The summed E-state index contributed by atoms with van der Waals surface area (Å²) in [6.45, 7) is 4.34. The van der Waals surface area contributed by atoms with Crippen molar-refractivity contribution < 1.29 is 0 Å². The lowest BCUT2D eigenvalue weighted by Crippen LogP contribution is -2.15. The van der Waals surface area contributed by atoms with Crippen LogP contribution in [0.4, 0.5) is 0 Å². The topological polar surface area (TPSA) is 26.0 Å². The zero-order chi connectivity index (χ0) is 13.2. The molecular formula is C17H27N. The average molecular weight is 245 g/mol. The molecule has 100 valence electrons. The van der Waals surface area contributed by atoms with Crippen LogP contribution in [-0.4, -0.2) is 6.04 Å². The fourth-order valence-electron chi connectivity index (χ4n) is 2.21. The third-order valence-corrected chi connectivity index (χ3v) is 3.11. The molecule has 0 bridgehead atoms. The smallest absolute Gasteiger partial charge is 0.00477 e. The predicted molar refractivity (Wildman–Crippen MR) is 81.4 cm³/mol. The fraction of sp³-hybridized carbons (Fsp3) is 0.529. The molecule has 0 heterocycles. The Labute approximate surface area is 112 Å². The van der Waals surface area contributed by atoms with Crippen LogP contribution in [0.5, 0.6) is 0 Å². The summed E-state index contributed by atoms with van der Waals surface area (Å²) in [6.07, 6.45) is 9.79. The van der Waals surface area contributed by atoms with Crippen molar-refractivity contribution in [3.63, 3.8) is 0 Å². The molecule has 18 heavy (non-hydrogen) atoms. The molecule has 1 aromatic rings. The standard InChI is InChI=1S/C17H27N/c1-3-4-5-7-12-17(13-15(2)18)14-16-10-8-6-9-11-16/h6,8-11,14-15H,3-5,7,12-13,18H2,1-2H3/b17-14+. The molecule has 0 saturated heterocycles. The van der Waals surface area contributed by atoms with Gasteiger partial charge in [0.2, 0.25) is 0 Å². The zero-order valence-electron chi connectivity index (χ0n) is 11.9. The van der Waals surface area contributed by atoms with Crippen LogP contribution in [0.3, 0.4) is 0 Å². The van der Waals surface area contributed by atoms with Crippen molar-refractivity contribution in [2.24, 2.45) is 5.73 Å². The van der Waals surface area contributed by atoms with Crippen LogP contribution in [0.2, 0.25) is 0 Å². The van der Waals surface area contributed by atoms with Gasteiger partial charge in [-0.25, -0.2) is 0 Å². The summed E-state index contributed by atoms with van der Waals surface area (Å²) in [5, 5.41) is 0. The summed E-state index contributed by atoms with van der Waals surface area (Å²) in [5.41, 5.74) is 8.72. The lowest BCUT2D eigenvalue weighted by atomic mass is 9.98. The SMILES string of the molecule is CCCCCC/C(=C\c1ccccc1)CC(C)N. The summed E-state index contributed by atoms with van der Waals surface area (Å²) in [4.78, 5) is 0.